The van der Waals surface area contributed by atoms with Crippen LogP contribution in [0.5, 0.6) is 0 Å². The zero-order valence-electron chi connectivity index (χ0n) is 13.4. The average molecular weight is 427 g/mol. The standard InChI is InChI=1S/C20H24.2ClH.Zr/c1-3-7-19-15(5-1)9-11-17(19)13-14-18-12-10-16-6-2-4-8-20(16)18;;;/h1-4,7-8,13-18H,5-6,9-12H2;2*1H;/q;;;+2/p-2. The van der Waals surface area contributed by atoms with E-state index in [1.165, 1.54) is 38.5 Å². The van der Waals surface area contributed by atoms with E-state index in [-0.39, 0.29) is 51.0 Å². The van der Waals surface area contributed by atoms with Crippen LogP contribution in [0, 0.1) is 23.7 Å². The molecule has 0 spiro atoms. The summed E-state index contributed by atoms with van der Waals surface area (Å²) in [6.07, 6.45) is 27.1. The van der Waals surface area contributed by atoms with Crippen LogP contribution in [0.4, 0.5) is 0 Å². The molecule has 4 atom stereocenters. The van der Waals surface area contributed by atoms with Gasteiger partial charge in [-0.3, -0.25) is 0 Å². The molecular formula is C20H24Cl2Zr. The molecule has 0 aromatic heterocycles. The summed E-state index contributed by atoms with van der Waals surface area (Å²) in [6, 6.07) is 0. The molecular weight excluding hydrogens is 402 g/mol. The van der Waals surface area contributed by atoms with Crippen molar-refractivity contribution in [2.45, 2.75) is 38.5 Å². The quantitative estimate of drug-likeness (QED) is 0.516. The summed E-state index contributed by atoms with van der Waals surface area (Å²) in [6.45, 7) is 0. The molecule has 0 aromatic rings. The van der Waals surface area contributed by atoms with Crippen LogP contribution >= 0.6 is 0 Å². The summed E-state index contributed by atoms with van der Waals surface area (Å²) in [5, 5.41) is 0. The molecule has 0 aliphatic heterocycles. The van der Waals surface area contributed by atoms with Crippen molar-refractivity contribution in [2.24, 2.45) is 23.7 Å². The molecule has 4 unspecified atom stereocenters. The predicted octanol–water partition coefficient (Wildman–Crippen LogP) is -0.627. The Kier molecular flexibility index (Phi) is 8.85. The molecule has 23 heavy (non-hydrogen) atoms. The zero-order chi connectivity index (χ0) is 13.4. The van der Waals surface area contributed by atoms with Gasteiger partial charge in [0.15, 0.2) is 0 Å². The third kappa shape index (κ3) is 4.42. The third-order valence-corrected chi connectivity index (χ3v) is 5.72. The van der Waals surface area contributed by atoms with Crippen LogP contribution in [0.25, 0.3) is 0 Å². The van der Waals surface area contributed by atoms with E-state index in [4.69, 9.17) is 0 Å². The van der Waals surface area contributed by atoms with Crippen molar-refractivity contribution < 1.29 is 51.0 Å². The van der Waals surface area contributed by atoms with Crippen LogP contribution in [-0.2, 0) is 26.2 Å². The number of rotatable bonds is 2. The zero-order valence-corrected chi connectivity index (χ0v) is 17.4. The van der Waals surface area contributed by atoms with E-state index in [0.717, 1.165) is 23.7 Å². The first-order valence-corrected chi connectivity index (χ1v) is 8.33. The van der Waals surface area contributed by atoms with Gasteiger partial charge in [0, 0.05) is 0 Å². The van der Waals surface area contributed by atoms with Crippen LogP contribution in [0.3, 0.4) is 0 Å². The van der Waals surface area contributed by atoms with Crippen molar-refractivity contribution in [1.82, 2.24) is 0 Å². The van der Waals surface area contributed by atoms with Gasteiger partial charge in [-0.25, -0.2) is 0 Å². The molecule has 0 nitrogen and oxygen atoms in total. The summed E-state index contributed by atoms with van der Waals surface area (Å²) >= 11 is 0. The Balaban J connectivity index is 0.000000882. The summed E-state index contributed by atoms with van der Waals surface area (Å²) < 4.78 is 0. The van der Waals surface area contributed by atoms with Crippen LogP contribution in [0.15, 0.2) is 59.8 Å². The number of halogens is 2. The smallest absolute Gasteiger partial charge is 1.00 e. The van der Waals surface area contributed by atoms with E-state index in [9.17, 15) is 0 Å². The first-order chi connectivity index (χ1) is 9.92. The van der Waals surface area contributed by atoms with E-state index >= 15 is 0 Å². The third-order valence-electron chi connectivity index (χ3n) is 5.72. The maximum atomic E-state index is 2.54. The molecule has 0 bridgehead atoms. The fraction of sp³-hybridized carbons (Fsp3) is 0.500. The molecule has 2 saturated carbocycles. The predicted molar refractivity (Wildman–Crippen MR) is 85.2 cm³/mol. The van der Waals surface area contributed by atoms with Gasteiger partial charge in [0.05, 0.1) is 0 Å². The molecule has 0 aromatic carbocycles. The second kappa shape index (κ2) is 9.60. The molecule has 4 aliphatic rings. The normalized spacial score (nSPS) is 33.7. The Morgan fingerprint density at radius 1 is 0.696 bits per heavy atom. The summed E-state index contributed by atoms with van der Waals surface area (Å²) in [4.78, 5) is 0. The Morgan fingerprint density at radius 3 is 1.57 bits per heavy atom. The van der Waals surface area contributed by atoms with Crippen molar-refractivity contribution in [2.75, 3.05) is 0 Å². The van der Waals surface area contributed by atoms with Gasteiger partial charge >= 0.3 is 26.2 Å². The number of hydrogen-bond donors (Lipinski definition) is 0. The molecule has 0 N–H and O–H groups in total. The largest absolute Gasteiger partial charge is 2.00 e. The summed E-state index contributed by atoms with van der Waals surface area (Å²) in [7, 11) is 0. The van der Waals surface area contributed by atoms with E-state index < -0.39 is 0 Å². The van der Waals surface area contributed by atoms with Gasteiger partial charge in [-0.05, 0) is 62.2 Å². The topological polar surface area (TPSA) is 0 Å². The van der Waals surface area contributed by atoms with Crippen molar-refractivity contribution in [3.8, 4) is 0 Å². The van der Waals surface area contributed by atoms with Gasteiger partial charge in [0.1, 0.15) is 0 Å². The summed E-state index contributed by atoms with van der Waals surface area (Å²) in [5.74, 6) is 3.15. The molecule has 4 rings (SSSR count). The minimum atomic E-state index is 0. The van der Waals surface area contributed by atoms with Crippen molar-refractivity contribution in [3.63, 3.8) is 0 Å². The maximum Gasteiger partial charge on any atom is 2.00 e. The molecule has 0 saturated heterocycles. The van der Waals surface area contributed by atoms with E-state index in [1.54, 1.807) is 11.1 Å². The number of allylic oxidation sites excluding steroid dienone is 10. The molecule has 3 heteroatoms. The second-order valence-corrected chi connectivity index (χ2v) is 6.81. The first kappa shape index (κ1) is 21.2. The van der Waals surface area contributed by atoms with E-state index in [0.29, 0.717) is 0 Å². The Morgan fingerprint density at radius 2 is 1.13 bits per heavy atom. The molecule has 0 radical (unpaired) electrons. The van der Waals surface area contributed by atoms with Crippen LogP contribution in [0.1, 0.15) is 38.5 Å². The number of fused-ring (bicyclic) bond motifs is 2. The Hall–Kier alpha value is 0.163. The summed E-state index contributed by atoms with van der Waals surface area (Å²) in [5.41, 5.74) is 3.41. The maximum absolute atomic E-state index is 2.54. The molecule has 122 valence electrons. The first-order valence-electron chi connectivity index (χ1n) is 8.33. The molecule has 0 heterocycles. The fourth-order valence-electron chi connectivity index (χ4n) is 4.59. The Bertz CT molecular complexity index is 494. The van der Waals surface area contributed by atoms with Gasteiger partial charge in [-0.15, -0.1) is 0 Å². The van der Waals surface area contributed by atoms with Crippen LogP contribution in [0.2, 0.25) is 0 Å². The Labute approximate surface area is 172 Å². The van der Waals surface area contributed by atoms with Gasteiger partial charge in [0.2, 0.25) is 0 Å². The molecule has 4 aliphatic carbocycles. The van der Waals surface area contributed by atoms with Crippen molar-refractivity contribution >= 4 is 0 Å². The van der Waals surface area contributed by atoms with Crippen LogP contribution < -0.4 is 24.8 Å². The minimum Gasteiger partial charge on any atom is -1.00 e. The fourth-order valence-corrected chi connectivity index (χ4v) is 4.59. The van der Waals surface area contributed by atoms with Gasteiger partial charge in [0.25, 0.3) is 0 Å². The van der Waals surface area contributed by atoms with E-state index in [1.807, 2.05) is 0 Å². The van der Waals surface area contributed by atoms with Gasteiger partial charge in [-0.1, -0.05) is 59.8 Å². The van der Waals surface area contributed by atoms with Crippen LogP contribution in [-0.4, -0.2) is 0 Å². The molecule has 0 amide bonds. The average Bonchev–Trinajstić information content (AvgIpc) is 3.09. The van der Waals surface area contributed by atoms with Gasteiger partial charge in [-0.2, -0.15) is 0 Å². The van der Waals surface area contributed by atoms with E-state index in [2.05, 4.69) is 48.6 Å². The van der Waals surface area contributed by atoms with Crippen molar-refractivity contribution in [1.29, 1.82) is 0 Å². The SMILES string of the molecule is C1=CCC2CCC(C=CC3CCC4CC=CC=C34)C2=C1.[Cl-].[Cl-].[Zr+2]. The van der Waals surface area contributed by atoms with Crippen molar-refractivity contribution in [3.05, 3.63) is 59.8 Å². The monoisotopic (exact) mass is 424 g/mol. The second-order valence-electron chi connectivity index (χ2n) is 6.81. The number of hydrogen-bond acceptors (Lipinski definition) is 0. The molecule has 2 fully saturated rings. The minimum absolute atomic E-state index is 0. The van der Waals surface area contributed by atoms with Gasteiger partial charge < -0.3 is 24.8 Å².